The number of nitrogens with one attached hydrogen (secondary N) is 1. The van der Waals surface area contributed by atoms with E-state index in [1.165, 1.54) is 16.7 Å². The predicted octanol–water partition coefficient (Wildman–Crippen LogP) is 5.45. The van der Waals surface area contributed by atoms with Crippen LogP contribution in [0.5, 0.6) is 0 Å². The van der Waals surface area contributed by atoms with E-state index in [1.807, 2.05) is 12.1 Å². The molecule has 0 aromatic heterocycles. The van der Waals surface area contributed by atoms with Crippen LogP contribution in [-0.2, 0) is 0 Å². The van der Waals surface area contributed by atoms with Gasteiger partial charge in [-0.2, -0.15) is 0 Å². The molecule has 0 saturated heterocycles. The lowest BCUT2D eigenvalue weighted by atomic mass is 9.99. The summed E-state index contributed by atoms with van der Waals surface area (Å²) in [5.74, 6) is 0. The molecule has 1 unspecified atom stereocenters. The van der Waals surface area contributed by atoms with Crippen LogP contribution in [0.3, 0.4) is 0 Å². The molecule has 0 amide bonds. The van der Waals surface area contributed by atoms with Gasteiger partial charge < -0.3 is 5.32 Å². The minimum atomic E-state index is 0.330. The Bertz CT molecular complexity index is 548. The molecule has 20 heavy (non-hydrogen) atoms. The molecule has 2 atom stereocenters. The second kappa shape index (κ2) is 6.92. The van der Waals surface area contributed by atoms with Gasteiger partial charge in [0.05, 0.1) is 0 Å². The summed E-state index contributed by atoms with van der Waals surface area (Å²) in [7, 11) is 0. The van der Waals surface area contributed by atoms with Crippen LogP contribution in [0, 0.1) is 6.92 Å². The predicted molar refractivity (Wildman–Crippen MR) is 87.2 cm³/mol. The van der Waals surface area contributed by atoms with E-state index in [-0.39, 0.29) is 0 Å². The zero-order valence-electron chi connectivity index (χ0n) is 12.4. The van der Waals surface area contributed by atoms with Crippen LogP contribution in [0.2, 0.25) is 5.02 Å². The van der Waals surface area contributed by atoms with E-state index >= 15 is 0 Å². The molecule has 0 spiro atoms. The highest BCUT2D eigenvalue weighted by Crippen LogP contribution is 2.24. The molecule has 0 radical (unpaired) electrons. The van der Waals surface area contributed by atoms with E-state index in [0.29, 0.717) is 12.1 Å². The molecule has 2 rings (SSSR count). The van der Waals surface area contributed by atoms with Crippen LogP contribution >= 0.6 is 11.6 Å². The Balaban J connectivity index is 2.14. The van der Waals surface area contributed by atoms with Gasteiger partial charge in [0.1, 0.15) is 0 Å². The third kappa shape index (κ3) is 3.62. The van der Waals surface area contributed by atoms with Gasteiger partial charge in [0, 0.05) is 17.1 Å². The summed E-state index contributed by atoms with van der Waals surface area (Å²) in [5, 5.41) is 4.50. The zero-order valence-corrected chi connectivity index (χ0v) is 13.1. The van der Waals surface area contributed by atoms with Crippen molar-refractivity contribution in [2.75, 3.05) is 0 Å². The second-order valence-electron chi connectivity index (χ2n) is 5.26. The van der Waals surface area contributed by atoms with Crippen LogP contribution in [-0.4, -0.2) is 0 Å². The van der Waals surface area contributed by atoms with E-state index in [4.69, 9.17) is 11.6 Å². The van der Waals surface area contributed by atoms with Gasteiger partial charge in [0.2, 0.25) is 0 Å². The first kappa shape index (κ1) is 15.1. The van der Waals surface area contributed by atoms with Crippen molar-refractivity contribution >= 4 is 11.6 Å². The van der Waals surface area contributed by atoms with E-state index in [2.05, 4.69) is 62.5 Å². The average Bonchev–Trinajstić information content (AvgIpc) is 2.46. The number of halogens is 1. The normalized spacial score (nSPS) is 14.0. The molecule has 0 heterocycles. The van der Waals surface area contributed by atoms with Gasteiger partial charge in [0.15, 0.2) is 0 Å². The third-order valence-electron chi connectivity index (χ3n) is 3.79. The molecule has 0 bridgehead atoms. The van der Waals surface area contributed by atoms with E-state index in [9.17, 15) is 0 Å². The minimum Gasteiger partial charge on any atom is -0.303 e. The highest BCUT2D eigenvalue weighted by molar-refractivity contribution is 6.30. The number of benzene rings is 2. The fourth-order valence-corrected chi connectivity index (χ4v) is 2.74. The summed E-state index contributed by atoms with van der Waals surface area (Å²) in [6.07, 6.45) is 1.05. The summed E-state index contributed by atoms with van der Waals surface area (Å²) < 4.78 is 0. The Morgan fingerprint density at radius 3 is 2.30 bits per heavy atom. The SMILES string of the molecule is CCC(N[C@@H](C)c1ccccc1C)c1ccc(Cl)cc1. The molecular weight excluding hydrogens is 266 g/mol. The fraction of sp³-hybridized carbons (Fsp3) is 0.333. The van der Waals surface area contributed by atoms with Crippen molar-refractivity contribution in [3.8, 4) is 0 Å². The van der Waals surface area contributed by atoms with Gasteiger partial charge in [-0.25, -0.2) is 0 Å². The molecule has 1 nitrogen and oxygen atoms in total. The lowest BCUT2D eigenvalue weighted by Crippen LogP contribution is -2.24. The standard InChI is InChI=1S/C18H22ClN/c1-4-18(15-9-11-16(19)12-10-15)20-14(3)17-8-6-5-7-13(17)2/h5-12,14,18,20H,4H2,1-3H3/t14-,18?/m0/s1. The van der Waals surface area contributed by atoms with Crippen LogP contribution in [0.15, 0.2) is 48.5 Å². The van der Waals surface area contributed by atoms with Gasteiger partial charge in [-0.05, 0) is 49.1 Å². The first-order valence-corrected chi connectivity index (χ1v) is 7.56. The average molecular weight is 288 g/mol. The summed E-state index contributed by atoms with van der Waals surface area (Å²) in [4.78, 5) is 0. The zero-order chi connectivity index (χ0) is 14.5. The molecule has 0 aliphatic heterocycles. The number of aryl methyl sites for hydroxylation is 1. The monoisotopic (exact) mass is 287 g/mol. The van der Waals surface area contributed by atoms with Crippen molar-refractivity contribution in [3.05, 3.63) is 70.2 Å². The van der Waals surface area contributed by atoms with Crippen molar-refractivity contribution in [1.82, 2.24) is 5.32 Å². The number of hydrogen-bond acceptors (Lipinski definition) is 1. The Kier molecular flexibility index (Phi) is 5.22. The highest BCUT2D eigenvalue weighted by Gasteiger charge is 2.14. The molecule has 2 aromatic rings. The van der Waals surface area contributed by atoms with Crippen molar-refractivity contribution in [1.29, 1.82) is 0 Å². The molecule has 0 saturated carbocycles. The molecular formula is C18H22ClN. The Morgan fingerprint density at radius 2 is 1.70 bits per heavy atom. The molecule has 0 aliphatic rings. The fourth-order valence-electron chi connectivity index (χ4n) is 2.61. The highest BCUT2D eigenvalue weighted by atomic mass is 35.5. The lowest BCUT2D eigenvalue weighted by Gasteiger charge is -2.24. The van der Waals surface area contributed by atoms with Gasteiger partial charge in [-0.3, -0.25) is 0 Å². The van der Waals surface area contributed by atoms with Gasteiger partial charge in [-0.1, -0.05) is 54.9 Å². The van der Waals surface area contributed by atoms with Crippen molar-refractivity contribution in [3.63, 3.8) is 0 Å². The van der Waals surface area contributed by atoms with E-state index in [1.54, 1.807) is 0 Å². The smallest absolute Gasteiger partial charge is 0.0406 e. The molecule has 106 valence electrons. The van der Waals surface area contributed by atoms with Crippen molar-refractivity contribution in [2.24, 2.45) is 0 Å². The summed E-state index contributed by atoms with van der Waals surface area (Å²) >= 11 is 5.96. The largest absolute Gasteiger partial charge is 0.303 e. The lowest BCUT2D eigenvalue weighted by molar-refractivity contribution is 0.455. The van der Waals surface area contributed by atoms with Crippen LogP contribution < -0.4 is 5.32 Å². The van der Waals surface area contributed by atoms with Gasteiger partial charge >= 0.3 is 0 Å². The van der Waals surface area contributed by atoms with Gasteiger partial charge in [0.25, 0.3) is 0 Å². The second-order valence-corrected chi connectivity index (χ2v) is 5.69. The first-order valence-electron chi connectivity index (χ1n) is 7.19. The van der Waals surface area contributed by atoms with E-state index < -0.39 is 0 Å². The maximum Gasteiger partial charge on any atom is 0.0406 e. The maximum atomic E-state index is 5.96. The van der Waals surface area contributed by atoms with E-state index in [0.717, 1.165) is 11.4 Å². The number of hydrogen-bond donors (Lipinski definition) is 1. The van der Waals surface area contributed by atoms with Gasteiger partial charge in [-0.15, -0.1) is 0 Å². The molecule has 2 heteroatoms. The third-order valence-corrected chi connectivity index (χ3v) is 4.04. The first-order chi connectivity index (χ1) is 9.61. The Labute approximate surface area is 127 Å². The Hall–Kier alpha value is -1.31. The van der Waals surface area contributed by atoms with Crippen molar-refractivity contribution < 1.29 is 0 Å². The maximum absolute atomic E-state index is 5.96. The summed E-state index contributed by atoms with van der Waals surface area (Å²) in [6.45, 7) is 6.59. The molecule has 1 N–H and O–H groups in total. The molecule has 0 aliphatic carbocycles. The van der Waals surface area contributed by atoms with Crippen LogP contribution in [0.1, 0.15) is 49.0 Å². The van der Waals surface area contributed by atoms with Crippen LogP contribution in [0.4, 0.5) is 0 Å². The van der Waals surface area contributed by atoms with Crippen molar-refractivity contribution in [2.45, 2.75) is 39.3 Å². The quantitative estimate of drug-likeness (QED) is 0.771. The van der Waals surface area contributed by atoms with Crippen LogP contribution in [0.25, 0.3) is 0 Å². The summed E-state index contributed by atoms with van der Waals surface area (Å²) in [5.41, 5.74) is 3.98. The molecule has 2 aromatic carbocycles. The Morgan fingerprint density at radius 1 is 1.05 bits per heavy atom. The summed E-state index contributed by atoms with van der Waals surface area (Å²) in [6, 6.07) is 17.4. The molecule has 0 fully saturated rings. The number of rotatable bonds is 5. The minimum absolute atomic E-state index is 0.330. The topological polar surface area (TPSA) is 12.0 Å².